The molecule has 0 saturated carbocycles. The summed E-state index contributed by atoms with van der Waals surface area (Å²) in [6.07, 6.45) is -2.46. The lowest BCUT2D eigenvalue weighted by Crippen LogP contribution is -2.36. The summed E-state index contributed by atoms with van der Waals surface area (Å²) >= 11 is 6.69. The van der Waals surface area contributed by atoms with E-state index in [1.807, 2.05) is 24.3 Å². The number of nitrogens with one attached hydrogen (secondary N) is 2. The van der Waals surface area contributed by atoms with Crippen LogP contribution >= 0.6 is 31.9 Å². The number of carbonyl (C=O) groups is 1. The molecule has 0 aliphatic carbocycles. The van der Waals surface area contributed by atoms with Crippen LogP contribution in [0.5, 0.6) is 0 Å². The van der Waals surface area contributed by atoms with Crippen molar-refractivity contribution in [2.45, 2.75) is 12.2 Å². The standard InChI is InChI=1S/C18H16Br2N4O4/c19-10-1-5-12(6-2-10)21-23-15-16(18(27)28-17(15)14(26)9-25)24-22-13-7-3-11(20)4-8-13/h1-8,14,17,21-22,25-26H,9H2. The van der Waals surface area contributed by atoms with Crippen molar-refractivity contribution in [1.82, 2.24) is 0 Å². The van der Waals surface area contributed by atoms with E-state index in [1.54, 1.807) is 24.3 Å². The van der Waals surface area contributed by atoms with Gasteiger partial charge in [0, 0.05) is 8.95 Å². The molecule has 2 aromatic carbocycles. The van der Waals surface area contributed by atoms with E-state index in [1.165, 1.54) is 0 Å². The SMILES string of the molecule is O=C1OC(C(O)CO)C(=NNc2ccc(Br)cc2)C1=NNc1ccc(Br)cc1. The predicted molar refractivity (Wildman–Crippen MR) is 113 cm³/mol. The van der Waals surface area contributed by atoms with E-state index in [0.717, 1.165) is 8.95 Å². The quantitative estimate of drug-likeness (QED) is 0.350. The molecule has 8 nitrogen and oxygen atoms in total. The molecule has 0 radical (unpaired) electrons. The third-order valence-electron chi connectivity index (χ3n) is 3.77. The highest BCUT2D eigenvalue weighted by molar-refractivity contribution is 9.10. The number of nitrogens with zero attached hydrogens (tertiary/aromatic N) is 2. The first kappa shape index (κ1) is 20.5. The molecule has 0 amide bonds. The molecular weight excluding hydrogens is 496 g/mol. The molecule has 0 aromatic heterocycles. The minimum atomic E-state index is -1.32. The Labute approximate surface area is 177 Å². The van der Waals surface area contributed by atoms with Gasteiger partial charge >= 0.3 is 5.97 Å². The summed E-state index contributed by atoms with van der Waals surface area (Å²) in [5.41, 5.74) is 6.87. The van der Waals surface area contributed by atoms with Crippen molar-refractivity contribution < 1.29 is 19.7 Å². The van der Waals surface area contributed by atoms with Gasteiger partial charge in [-0.2, -0.15) is 10.2 Å². The molecule has 1 aliphatic rings. The van der Waals surface area contributed by atoms with Crippen molar-refractivity contribution in [2.24, 2.45) is 10.2 Å². The number of hydrogen-bond acceptors (Lipinski definition) is 8. The van der Waals surface area contributed by atoms with Crippen LogP contribution in [-0.4, -0.2) is 46.4 Å². The van der Waals surface area contributed by atoms with E-state index >= 15 is 0 Å². The minimum absolute atomic E-state index is 0.0825. The highest BCUT2D eigenvalue weighted by Crippen LogP contribution is 2.19. The topological polar surface area (TPSA) is 116 Å². The molecule has 2 atom stereocenters. The summed E-state index contributed by atoms with van der Waals surface area (Å²) in [5.74, 6) is -0.751. The van der Waals surface area contributed by atoms with Crippen LogP contribution < -0.4 is 10.9 Å². The largest absolute Gasteiger partial charge is 0.448 e. The number of carbonyl (C=O) groups excluding carboxylic acids is 1. The summed E-state index contributed by atoms with van der Waals surface area (Å²) in [4.78, 5) is 12.2. The van der Waals surface area contributed by atoms with Crippen molar-refractivity contribution in [1.29, 1.82) is 0 Å². The van der Waals surface area contributed by atoms with Gasteiger partial charge in [0.1, 0.15) is 11.8 Å². The Bertz CT molecular complexity index is 901. The van der Waals surface area contributed by atoms with Gasteiger partial charge in [0.15, 0.2) is 11.8 Å². The summed E-state index contributed by atoms with van der Waals surface area (Å²) in [6, 6.07) is 14.4. The first-order valence-corrected chi connectivity index (χ1v) is 9.75. The number of benzene rings is 2. The van der Waals surface area contributed by atoms with Gasteiger partial charge < -0.3 is 14.9 Å². The summed E-state index contributed by atoms with van der Waals surface area (Å²) in [6.45, 7) is -0.595. The van der Waals surface area contributed by atoms with Gasteiger partial charge in [-0.3, -0.25) is 10.9 Å². The number of hydrogen-bond donors (Lipinski definition) is 4. The summed E-state index contributed by atoms with van der Waals surface area (Å²) in [7, 11) is 0. The van der Waals surface area contributed by atoms with Gasteiger partial charge in [-0.1, -0.05) is 31.9 Å². The van der Waals surface area contributed by atoms with Crippen LogP contribution in [0.4, 0.5) is 11.4 Å². The number of aliphatic hydroxyl groups is 2. The van der Waals surface area contributed by atoms with E-state index in [0.29, 0.717) is 11.4 Å². The second kappa shape index (κ2) is 9.28. The molecule has 28 heavy (non-hydrogen) atoms. The van der Waals surface area contributed by atoms with E-state index in [2.05, 4.69) is 52.9 Å². The third kappa shape index (κ3) is 4.96. The number of esters is 1. The molecule has 1 aliphatic heterocycles. The lowest BCUT2D eigenvalue weighted by Gasteiger charge is -2.14. The highest BCUT2D eigenvalue weighted by atomic mass is 79.9. The highest BCUT2D eigenvalue weighted by Gasteiger charge is 2.42. The Morgan fingerprint density at radius 3 is 1.96 bits per heavy atom. The zero-order chi connectivity index (χ0) is 20.1. The zero-order valence-corrected chi connectivity index (χ0v) is 17.5. The molecule has 3 rings (SSSR count). The van der Waals surface area contributed by atoms with Crippen LogP contribution in [0.2, 0.25) is 0 Å². The average Bonchev–Trinajstić information content (AvgIpc) is 3.02. The number of hydrazone groups is 2. The van der Waals surface area contributed by atoms with E-state index in [4.69, 9.17) is 4.74 Å². The predicted octanol–water partition coefficient (Wildman–Crippen LogP) is 2.73. The fourth-order valence-electron chi connectivity index (χ4n) is 2.34. The number of cyclic esters (lactones) is 1. The lowest BCUT2D eigenvalue weighted by molar-refractivity contribution is -0.140. The minimum Gasteiger partial charge on any atom is -0.448 e. The average molecular weight is 512 g/mol. The number of aliphatic hydroxyl groups excluding tert-OH is 2. The van der Waals surface area contributed by atoms with Gasteiger partial charge in [-0.25, -0.2) is 4.79 Å². The van der Waals surface area contributed by atoms with Gasteiger partial charge in [0.2, 0.25) is 0 Å². The third-order valence-corrected chi connectivity index (χ3v) is 4.82. The van der Waals surface area contributed by atoms with Crippen LogP contribution in [0.1, 0.15) is 0 Å². The maximum Gasteiger partial charge on any atom is 0.361 e. The fraction of sp³-hybridized carbons (Fsp3) is 0.167. The molecule has 2 aromatic rings. The van der Waals surface area contributed by atoms with Gasteiger partial charge in [-0.05, 0) is 48.5 Å². The van der Waals surface area contributed by atoms with Crippen LogP contribution in [0.3, 0.4) is 0 Å². The van der Waals surface area contributed by atoms with Crippen molar-refractivity contribution >= 4 is 60.6 Å². The summed E-state index contributed by atoms with van der Waals surface area (Å²) in [5, 5.41) is 27.5. The van der Waals surface area contributed by atoms with E-state index < -0.39 is 24.8 Å². The second-order valence-electron chi connectivity index (χ2n) is 5.77. The van der Waals surface area contributed by atoms with Crippen LogP contribution in [-0.2, 0) is 9.53 Å². The summed E-state index contributed by atoms with van der Waals surface area (Å²) < 4.78 is 6.95. The smallest absolute Gasteiger partial charge is 0.361 e. The molecule has 1 saturated heterocycles. The zero-order valence-electron chi connectivity index (χ0n) is 14.3. The van der Waals surface area contributed by atoms with E-state index in [-0.39, 0.29) is 11.4 Å². The van der Waals surface area contributed by atoms with Crippen molar-refractivity contribution in [3.63, 3.8) is 0 Å². The number of anilines is 2. The molecular formula is C18H16Br2N4O4. The van der Waals surface area contributed by atoms with Crippen molar-refractivity contribution in [2.75, 3.05) is 17.5 Å². The molecule has 2 unspecified atom stereocenters. The Hall–Kier alpha value is -2.27. The Morgan fingerprint density at radius 1 is 0.964 bits per heavy atom. The monoisotopic (exact) mass is 510 g/mol. The first-order chi connectivity index (χ1) is 13.5. The van der Waals surface area contributed by atoms with Crippen LogP contribution in [0.15, 0.2) is 67.7 Å². The van der Waals surface area contributed by atoms with Gasteiger partial charge in [0.05, 0.1) is 18.0 Å². The number of ether oxygens (including phenoxy) is 1. The van der Waals surface area contributed by atoms with Crippen LogP contribution in [0, 0.1) is 0 Å². The molecule has 146 valence electrons. The number of halogens is 2. The Balaban J connectivity index is 1.87. The van der Waals surface area contributed by atoms with Gasteiger partial charge in [0.25, 0.3) is 0 Å². The molecule has 1 heterocycles. The molecule has 4 N–H and O–H groups in total. The van der Waals surface area contributed by atoms with Crippen LogP contribution in [0.25, 0.3) is 0 Å². The maximum atomic E-state index is 12.2. The first-order valence-electron chi connectivity index (χ1n) is 8.16. The second-order valence-corrected chi connectivity index (χ2v) is 7.60. The van der Waals surface area contributed by atoms with Crippen molar-refractivity contribution in [3.05, 3.63) is 57.5 Å². The maximum absolute atomic E-state index is 12.2. The molecule has 0 bridgehead atoms. The Morgan fingerprint density at radius 2 is 1.46 bits per heavy atom. The van der Waals surface area contributed by atoms with Gasteiger partial charge in [-0.15, -0.1) is 0 Å². The van der Waals surface area contributed by atoms with Crippen molar-refractivity contribution in [3.8, 4) is 0 Å². The fourth-order valence-corrected chi connectivity index (χ4v) is 2.87. The molecule has 0 spiro atoms. The molecule has 1 fully saturated rings. The lowest BCUT2D eigenvalue weighted by atomic mass is 10.1. The van der Waals surface area contributed by atoms with E-state index in [9.17, 15) is 15.0 Å². The normalized spacial score (nSPS) is 20.3. The number of rotatable bonds is 6. The Kier molecular flexibility index (Phi) is 6.79. The molecule has 10 heteroatoms.